The highest BCUT2D eigenvalue weighted by molar-refractivity contribution is 6.05. The first-order valence-electron chi connectivity index (χ1n) is 10.1. The maximum atomic E-state index is 13.0. The van der Waals surface area contributed by atoms with Gasteiger partial charge < -0.3 is 14.5 Å². The molecule has 7 nitrogen and oxygen atoms in total. The Balaban J connectivity index is 1.47. The Bertz CT molecular complexity index is 968. The number of carbonyl (C=O) groups is 3. The molecule has 30 heavy (non-hydrogen) atoms. The van der Waals surface area contributed by atoms with Gasteiger partial charge in [-0.25, -0.2) is 0 Å². The number of benzene rings is 2. The van der Waals surface area contributed by atoms with Gasteiger partial charge in [0.1, 0.15) is 12.3 Å². The fourth-order valence-electron chi connectivity index (χ4n) is 3.88. The Morgan fingerprint density at radius 1 is 1.03 bits per heavy atom. The molecule has 0 aromatic heterocycles. The summed E-state index contributed by atoms with van der Waals surface area (Å²) in [6.45, 7) is 5.76. The Kier molecular flexibility index (Phi) is 5.44. The molecule has 0 saturated carbocycles. The Hall–Kier alpha value is -3.35. The number of nitrogens with zero attached hydrogens (tertiary/aromatic N) is 3. The molecule has 2 aromatic rings. The van der Waals surface area contributed by atoms with E-state index in [1.807, 2.05) is 18.2 Å². The number of Topliss-reactive ketones (excluding diaryl/α,β-unsaturated/α-hetero) is 1. The second-order valence-electron chi connectivity index (χ2n) is 7.63. The maximum Gasteiger partial charge on any atom is 0.268 e. The van der Waals surface area contributed by atoms with Crippen molar-refractivity contribution in [2.45, 2.75) is 20.0 Å². The van der Waals surface area contributed by atoms with Crippen molar-refractivity contribution in [2.24, 2.45) is 0 Å². The third kappa shape index (κ3) is 3.87. The number of para-hydroxylation sites is 1. The molecule has 7 heteroatoms. The standard InChI is InChI=1S/C23H25N3O4/c1-16(27)18-8-9-21-20(14-18)26(23(29)17(2)30-21)15-22(28)25-12-10-24(11-13-25)19-6-4-3-5-7-19/h3-9,14,17H,10-13,15H2,1-2H3. The van der Waals surface area contributed by atoms with Crippen LogP contribution in [0.1, 0.15) is 24.2 Å². The highest BCUT2D eigenvalue weighted by atomic mass is 16.5. The summed E-state index contributed by atoms with van der Waals surface area (Å²) in [7, 11) is 0. The van der Waals surface area contributed by atoms with E-state index in [0.29, 0.717) is 30.1 Å². The van der Waals surface area contributed by atoms with Crippen LogP contribution < -0.4 is 14.5 Å². The van der Waals surface area contributed by atoms with Gasteiger partial charge in [0.05, 0.1) is 5.69 Å². The molecule has 0 bridgehead atoms. The number of amides is 2. The molecule has 156 valence electrons. The van der Waals surface area contributed by atoms with Crippen LogP contribution in [0.3, 0.4) is 0 Å². The van der Waals surface area contributed by atoms with E-state index >= 15 is 0 Å². The largest absolute Gasteiger partial charge is 0.479 e. The van der Waals surface area contributed by atoms with E-state index in [9.17, 15) is 14.4 Å². The molecule has 1 saturated heterocycles. The summed E-state index contributed by atoms with van der Waals surface area (Å²) in [5, 5.41) is 0. The van der Waals surface area contributed by atoms with Crippen LogP contribution in [0.5, 0.6) is 5.75 Å². The summed E-state index contributed by atoms with van der Waals surface area (Å²) in [5.41, 5.74) is 2.10. The fraction of sp³-hybridized carbons (Fsp3) is 0.348. The Morgan fingerprint density at radius 2 is 1.73 bits per heavy atom. The zero-order valence-corrected chi connectivity index (χ0v) is 17.2. The molecule has 2 aromatic carbocycles. The lowest BCUT2D eigenvalue weighted by Crippen LogP contribution is -2.54. The first-order chi connectivity index (χ1) is 14.4. The van der Waals surface area contributed by atoms with Crippen molar-refractivity contribution in [3.63, 3.8) is 0 Å². The molecule has 1 unspecified atom stereocenters. The fourth-order valence-corrected chi connectivity index (χ4v) is 3.88. The van der Waals surface area contributed by atoms with Crippen molar-refractivity contribution in [2.75, 3.05) is 42.5 Å². The number of ether oxygens (including phenoxy) is 1. The molecule has 2 amide bonds. The van der Waals surface area contributed by atoms with Crippen LogP contribution in [-0.2, 0) is 9.59 Å². The third-order valence-corrected chi connectivity index (χ3v) is 5.62. The molecule has 2 heterocycles. The molecule has 1 fully saturated rings. The molecule has 0 radical (unpaired) electrons. The van der Waals surface area contributed by atoms with Gasteiger partial charge in [-0.15, -0.1) is 0 Å². The minimum absolute atomic E-state index is 0.0633. The van der Waals surface area contributed by atoms with Crippen molar-refractivity contribution < 1.29 is 19.1 Å². The minimum atomic E-state index is -0.677. The molecule has 0 N–H and O–H groups in total. The average Bonchev–Trinajstić information content (AvgIpc) is 2.77. The summed E-state index contributed by atoms with van der Waals surface area (Å²) < 4.78 is 5.67. The molecule has 2 aliphatic heterocycles. The van der Waals surface area contributed by atoms with Gasteiger partial charge in [-0.3, -0.25) is 19.3 Å². The van der Waals surface area contributed by atoms with Crippen molar-refractivity contribution >= 4 is 29.0 Å². The van der Waals surface area contributed by atoms with E-state index in [1.54, 1.807) is 30.0 Å². The van der Waals surface area contributed by atoms with Crippen molar-refractivity contribution in [1.82, 2.24) is 4.90 Å². The number of rotatable bonds is 4. The van der Waals surface area contributed by atoms with Crippen LogP contribution in [0.2, 0.25) is 0 Å². The number of piperazine rings is 1. The van der Waals surface area contributed by atoms with E-state index in [-0.39, 0.29) is 24.1 Å². The topological polar surface area (TPSA) is 70.2 Å². The quantitative estimate of drug-likeness (QED) is 0.728. The summed E-state index contributed by atoms with van der Waals surface area (Å²) in [5.74, 6) is 0.0183. The van der Waals surface area contributed by atoms with E-state index in [4.69, 9.17) is 4.74 Å². The second-order valence-corrected chi connectivity index (χ2v) is 7.63. The number of ketones is 1. The lowest BCUT2D eigenvalue weighted by molar-refractivity contribution is -0.133. The van der Waals surface area contributed by atoms with E-state index in [2.05, 4.69) is 17.0 Å². The number of hydrogen-bond acceptors (Lipinski definition) is 5. The first-order valence-corrected chi connectivity index (χ1v) is 10.1. The molecular formula is C23H25N3O4. The number of carbonyl (C=O) groups excluding carboxylic acids is 3. The predicted molar refractivity (Wildman–Crippen MR) is 114 cm³/mol. The monoisotopic (exact) mass is 407 g/mol. The SMILES string of the molecule is CC(=O)c1ccc2c(c1)N(CC(=O)N1CCN(c3ccccc3)CC1)C(=O)C(C)O2. The Morgan fingerprint density at radius 3 is 2.40 bits per heavy atom. The van der Waals surface area contributed by atoms with Gasteiger partial charge in [-0.05, 0) is 44.2 Å². The van der Waals surface area contributed by atoms with Gasteiger partial charge in [0.15, 0.2) is 11.9 Å². The molecule has 2 aliphatic rings. The van der Waals surface area contributed by atoms with Gasteiger partial charge in [-0.1, -0.05) is 18.2 Å². The van der Waals surface area contributed by atoms with Crippen LogP contribution >= 0.6 is 0 Å². The molecular weight excluding hydrogens is 382 g/mol. The summed E-state index contributed by atoms with van der Waals surface area (Å²) in [4.78, 5) is 43.0. The average molecular weight is 407 g/mol. The molecule has 0 spiro atoms. The van der Waals surface area contributed by atoms with E-state index in [0.717, 1.165) is 18.8 Å². The van der Waals surface area contributed by atoms with Crippen LogP contribution in [-0.4, -0.2) is 61.3 Å². The number of fused-ring (bicyclic) bond motifs is 1. The van der Waals surface area contributed by atoms with Crippen molar-refractivity contribution in [3.8, 4) is 5.75 Å². The second kappa shape index (κ2) is 8.18. The third-order valence-electron chi connectivity index (χ3n) is 5.62. The van der Waals surface area contributed by atoms with Gasteiger partial charge >= 0.3 is 0 Å². The predicted octanol–water partition coefficient (Wildman–Crippen LogP) is 2.35. The normalized spacial score (nSPS) is 18.7. The summed E-state index contributed by atoms with van der Waals surface area (Å²) in [6, 6.07) is 15.1. The number of anilines is 2. The van der Waals surface area contributed by atoms with Crippen LogP contribution in [0.4, 0.5) is 11.4 Å². The highest BCUT2D eigenvalue weighted by Gasteiger charge is 2.34. The highest BCUT2D eigenvalue weighted by Crippen LogP contribution is 2.35. The van der Waals surface area contributed by atoms with Crippen LogP contribution in [0, 0.1) is 0 Å². The Labute approximate surface area is 175 Å². The van der Waals surface area contributed by atoms with Gasteiger partial charge in [0, 0.05) is 37.4 Å². The first kappa shape index (κ1) is 19.9. The smallest absolute Gasteiger partial charge is 0.268 e. The maximum absolute atomic E-state index is 13.0. The van der Waals surface area contributed by atoms with Gasteiger partial charge in [0.25, 0.3) is 5.91 Å². The molecule has 0 aliphatic carbocycles. The van der Waals surface area contributed by atoms with Crippen LogP contribution in [0.25, 0.3) is 0 Å². The molecule has 1 atom stereocenters. The van der Waals surface area contributed by atoms with Gasteiger partial charge in [0.2, 0.25) is 5.91 Å². The lowest BCUT2D eigenvalue weighted by atomic mass is 10.1. The minimum Gasteiger partial charge on any atom is -0.479 e. The lowest BCUT2D eigenvalue weighted by Gasteiger charge is -2.38. The molecule has 4 rings (SSSR count). The van der Waals surface area contributed by atoms with E-state index < -0.39 is 6.10 Å². The van der Waals surface area contributed by atoms with E-state index in [1.165, 1.54) is 11.8 Å². The van der Waals surface area contributed by atoms with Gasteiger partial charge in [-0.2, -0.15) is 0 Å². The van der Waals surface area contributed by atoms with Crippen molar-refractivity contribution in [1.29, 1.82) is 0 Å². The zero-order chi connectivity index (χ0) is 21.3. The number of hydrogen-bond donors (Lipinski definition) is 0. The summed E-state index contributed by atoms with van der Waals surface area (Å²) >= 11 is 0. The van der Waals surface area contributed by atoms with Crippen LogP contribution in [0.15, 0.2) is 48.5 Å². The zero-order valence-electron chi connectivity index (χ0n) is 17.2. The summed E-state index contributed by atoms with van der Waals surface area (Å²) in [6.07, 6.45) is -0.677. The van der Waals surface area contributed by atoms with Crippen molar-refractivity contribution in [3.05, 3.63) is 54.1 Å².